The Kier molecular flexibility index (Phi) is 8.21. The molecule has 32 heavy (non-hydrogen) atoms. The van der Waals surface area contributed by atoms with Crippen molar-refractivity contribution in [2.75, 3.05) is 44.0 Å². The van der Waals surface area contributed by atoms with Crippen molar-refractivity contribution in [3.05, 3.63) is 85.0 Å². The molecule has 0 bridgehead atoms. The number of anilines is 2. The van der Waals surface area contributed by atoms with Crippen LogP contribution in [-0.4, -0.2) is 43.0 Å². The van der Waals surface area contributed by atoms with Crippen molar-refractivity contribution in [1.29, 1.82) is 0 Å². The predicted octanol–water partition coefficient (Wildman–Crippen LogP) is 3.01. The Labute approximate surface area is 195 Å². The van der Waals surface area contributed by atoms with Crippen LogP contribution in [0.25, 0.3) is 0 Å². The molecule has 3 aromatic rings. The third kappa shape index (κ3) is 5.85. The SMILES string of the molecule is COCCN(CCOc1ccc(Cl)cc1Cl)c1c(N)n(Cc2ccccc2)c(=O)[nH]c1=O. The van der Waals surface area contributed by atoms with Crippen molar-refractivity contribution >= 4 is 34.7 Å². The van der Waals surface area contributed by atoms with E-state index in [9.17, 15) is 9.59 Å². The molecule has 0 radical (unpaired) electrons. The van der Waals surface area contributed by atoms with Gasteiger partial charge in [0, 0.05) is 18.7 Å². The fraction of sp³-hybridized carbons (Fsp3) is 0.273. The lowest BCUT2D eigenvalue weighted by atomic mass is 10.2. The van der Waals surface area contributed by atoms with Gasteiger partial charge in [-0.25, -0.2) is 4.79 Å². The molecule has 8 nitrogen and oxygen atoms in total. The fourth-order valence-corrected chi connectivity index (χ4v) is 3.66. The number of benzene rings is 2. The van der Waals surface area contributed by atoms with Crippen molar-refractivity contribution in [2.45, 2.75) is 6.54 Å². The molecule has 3 N–H and O–H groups in total. The molecule has 0 saturated heterocycles. The van der Waals surface area contributed by atoms with Gasteiger partial charge in [-0.15, -0.1) is 0 Å². The van der Waals surface area contributed by atoms with Gasteiger partial charge in [0.15, 0.2) is 0 Å². The Hall–Kier alpha value is -2.94. The molecule has 0 aliphatic carbocycles. The van der Waals surface area contributed by atoms with Crippen molar-refractivity contribution in [2.24, 2.45) is 0 Å². The van der Waals surface area contributed by atoms with Crippen molar-refractivity contribution in [3.63, 3.8) is 0 Å². The topological polar surface area (TPSA) is 103 Å². The maximum Gasteiger partial charge on any atom is 0.330 e. The summed E-state index contributed by atoms with van der Waals surface area (Å²) in [4.78, 5) is 29.2. The zero-order valence-corrected chi connectivity index (χ0v) is 19.0. The molecule has 0 unspecified atom stereocenters. The van der Waals surface area contributed by atoms with Crippen molar-refractivity contribution in [1.82, 2.24) is 9.55 Å². The van der Waals surface area contributed by atoms with Gasteiger partial charge in [0.05, 0.1) is 24.7 Å². The molecule has 0 amide bonds. The first-order valence-electron chi connectivity index (χ1n) is 9.89. The Morgan fingerprint density at radius 2 is 1.78 bits per heavy atom. The second-order valence-corrected chi connectivity index (χ2v) is 7.81. The van der Waals surface area contributed by atoms with Gasteiger partial charge in [-0.1, -0.05) is 53.5 Å². The summed E-state index contributed by atoms with van der Waals surface area (Å²) in [5.74, 6) is 0.543. The van der Waals surface area contributed by atoms with E-state index in [1.54, 1.807) is 30.2 Å². The van der Waals surface area contributed by atoms with Crippen LogP contribution in [0.15, 0.2) is 58.1 Å². The van der Waals surface area contributed by atoms with Crippen molar-refractivity contribution in [3.8, 4) is 5.75 Å². The summed E-state index contributed by atoms with van der Waals surface area (Å²) in [6.07, 6.45) is 0. The Morgan fingerprint density at radius 1 is 1.06 bits per heavy atom. The van der Waals surface area contributed by atoms with E-state index in [-0.39, 0.29) is 24.7 Å². The van der Waals surface area contributed by atoms with E-state index >= 15 is 0 Å². The zero-order valence-electron chi connectivity index (χ0n) is 17.5. The number of aromatic nitrogens is 2. The number of ether oxygens (including phenoxy) is 2. The third-order valence-corrected chi connectivity index (χ3v) is 5.32. The molecule has 1 heterocycles. The predicted molar refractivity (Wildman–Crippen MR) is 127 cm³/mol. The van der Waals surface area contributed by atoms with Gasteiger partial charge in [0.1, 0.15) is 23.9 Å². The second kappa shape index (κ2) is 11.1. The summed E-state index contributed by atoms with van der Waals surface area (Å²) < 4.78 is 12.3. The van der Waals surface area contributed by atoms with E-state index in [1.807, 2.05) is 30.3 Å². The van der Waals surface area contributed by atoms with Crippen LogP contribution in [-0.2, 0) is 11.3 Å². The van der Waals surface area contributed by atoms with E-state index in [2.05, 4.69) is 4.98 Å². The van der Waals surface area contributed by atoms with Gasteiger partial charge in [0.25, 0.3) is 5.56 Å². The van der Waals surface area contributed by atoms with E-state index in [4.69, 9.17) is 38.4 Å². The first kappa shape index (κ1) is 23.7. The number of nitrogens with zero attached hydrogens (tertiary/aromatic N) is 2. The maximum atomic E-state index is 12.7. The molecule has 0 atom stereocenters. The highest BCUT2D eigenvalue weighted by molar-refractivity contribution is 6.35. The molecule has 10 heteroatoms. The lowest BCUT2D eigenvalue weighted by Gasteiger charge is -2.26. The number of H-pyrrole nitrogens is 1. The van der Waals surface area contributed by atoms with Crippen molar-refractivity contribution < 1.29 is 9.47 Å². The van der Waals surface area contributed by atoms with E-state index in [0.717, 1.165) is 5.56 Å². The van der Waals surface area contributed by atoms with Gasteiger partial charge >= 0.3 is 5.69 Å². The number of rotatable bonds is 10. The number of halogens is 2. The van der Waals surface area contributed by atoms with Crippen LogP contribution in [0.4, 0.5) is 11.5 Å². The molecule has 0 aliphatic rings. The number of methoxy groups -OCH3 is 1. The largest absolute Gasteiger partial charge is 0.490 e. The Morgan fingerprint density at radius 3 is 2.47 bits per heavy atom. The van der Waals surface area contributed by atoms with Crippen LogP contribution >= 0.6 is 23.2 Å². The molecule has 2 aromatic carbocycles. The maximum absolute atomic E-state index is 12.7. The minimum Gasteiger partial charge on any atom is -0.490 e. The number of hydrogen-bond acceptors (Lipinski definition) is 6. The second-order valence-electron chi connectivity index (χ2n) is 6.97. The molecule has 0 saturated carbocycles. The number of nitrogen functional groups attached to an aromatic ring is 1. The van der Waals surface area contributed by atoms with Crippen LogP contribution in [0.1, 0.15) is 5.56 Å². The number of hydrogen-bond donors (Lipinski definition) is 2. The number of aromatic amines is 1. The first-order chi connectivity index (χ1) is 15.4. The van der Waals surface area contributed by atoms with Gasteiger partial charge in [-0.2, -0.15) is 0 Å². The highest BCUT2D eigenvalue weighted by Gasteiger charge is 2.19. The van der Waals surface area contributed by atoms with Gasteiger partial charge in [-0.05, 0) is 23.8 Å². The minimum absolute atomic E-state index is 0.0724. The average Bonchev–Trinajstić information content (AvgIpc) is 2.76. The third-order valence-electron chi connectivity index (χ3n) is 4.79. The first-order valence-corrected chi connectivity index (χ1v) is 10.6. The molecule has 1 aromatic heterocycles. The number of nitrogens with one attached hydrogen (secondary N) is 1. The van der Waals surface area contributed by atoms with E-state index < -0.39 is 11.2 Å². The minimum atomic E-state index is -0.573. The average molecular weight is 479 g/mol. The lowest BCUT2D eigenvalue weighted by Crippen LogP contribution is -2.41. The summed E-state index contributed by atoms with van der Waals surface area (Å²) in [5.41, 5.74) is 6.23. The molecule has 0 fully saturated rings. The molecule has 0 aliphatic heterocycles. The summed E-state index contributed by atoms with van der Waals surface area (Å²) in [6, 6.07) is 14.3. The van der Waals surface area contributed by atoms with Gasteiger partial charge in [0.2, 0.25) is 0 Å². The summed E-state index contributed by atoms with van der Waals surface area (Å²) >= 11 is 12.1. The van der Waals surface area contributed by atoms with E-state index in [0.29, 0.717) is 35.5 Å². The molecular formula is C22H24Cl2N4O4. The zero-order chi connectivity index (χ0) is 23.1. The molecule has 0 spiro atoms. The van der Waals surface area contributed by atoms with Crippen LogP contribution in [0.2, 0.25) is 10.0 Å². The Bertz CT molecular complexity index is 1160. The summed E-state index contributed by atoms with van der Waals surface area (Å²) in [6.45, 7) is 1.45. The quantitative estimate of drug-likeness (QED) is 0.464. The normalized spacial score (nSPS) is 10.8. The summed E-state index contributed by atoms with van der Waals surface area (Å²) in [5, 5.41) is 0.888. The Balaban J connectivity index is 1.86. The lowest BCUT2D eigenvalue weighted by molar-refractivity contribution is 0.203. The fourth-order valence-electron chi connectivity index (χ4n) is 3.20. The summed E-state index contributed by atoms with van der Waals surface area (Å²) in [7, 11) is 1.56. The van der Waals surface area contributed by atoms with Gasteiger partial charge in [-0.3, -0.25) is 14.3 Å². The molecular weight excluding hydrogens is 455 g/mol. The standard InChI is InChI=1S/C22H24Cl2N4O4/c1-31-11-9-27(10-12-32-18-8-7-16(23)13-17(18)24)19-20(25)28(22(30)26-21(19)29)14-15-5-3-2-4-6-15/h2-8,13H,9-12,14,25H2,1H3,(H,26,29,30). The highest BCUT2D eigenvalue weighted by atomic mass is 35.5. The highest BCUT2D eigenvalue weighted by Crippen LogP contribution is 2.27. The monoisotopic (exact) mass is 478 g/mol. The molecule has 3 rings (SSSR count). The van der Waals surface area contributed by atoms with E-state index in [1.165, 1.54) is 4.57 Å². The molecule has 170 valence electrons. The van der Waals surface area contributed by atoms with Crippen LogP contribution in [0.5, 0.6) is 5.75 Å². The number of nitrogens with two attached hydrogens (primary N) is 1. The van der Waals surface area contributed by atoms with Crippen LogP contribution in [0.3, 0.4) is 0 Å². The van der Waals surface area contributed by atoms with Gasteiger partial charge < -0.3 is 20.1 Å². The smallest absolute Gasteiger partial charge is 0.330 e. The van der Waals surface area contributed by atoms with Crippen LogP contribution < -0.4 is 26.6 Å². The van der Waals surface area contributed by atoms with Crippen LogP contribution in [0, 0.1) is 0 Å².